The van der Waals surface area contributed by atoms with Gasteiger partial charge in [0.25, 0.3) is 0 Å². The topological polar surface area (TPSA) is 18.5 Å². The van der Waals surface area contributed by atoms with Gasteiger partial charge in [0.05, 0.1) is 14.2 Å². The lowest BCUT2D eigenvalue weighted by Gasteiger charge is -2.09. The lowest BCUT2D eigenvalue weighted by atomic mass is 10.0. The van der Waals surface area contributed by atoms with Gasteiger partial charge in [-0.05, 0) is 41.5 Å². The standard InChI is InChI=1S/C14H12ClFO2/c1-17-13-5-10(6-14(8-13)18-2)9-3-11(15)7-12(16)4-9/h3-8H,1-2H3. The van der Waals surface area contributed by atoms with Crippen LogP contribution in [0.2, 0.25) is 5.02 Å². The summed E-state index contributed by atoms with van der Waals surface area (Å²) in [5.74, 6) is 0.911. The zero-order chi connectivity index (χ0) is 13.1. The number of benzene rings is 2. The zero-order valence-corrected chi connectivity index (χ0v) is 10.8. The fraction of sp³-hybridized carbons (Fsp3) is 0.143. The summed E-state index contributed by atoms with van der Waals surface area (Å²) in [6.07, 6.45) is 0. The Kier molecular flexibility index (Phi) is 3.72. The van der Waals surface area contributed by atoms with Gasteiger partial charge >= 0.3 is 0 Å². The van der Waals surface area contributed by atoms with Crippen LogP contribution in [0, 0.1) is 5.82 Å². The lowest BCUT2D eigenvalue weighted by molar-refractivity contribution is 0.394. The first-order valence-corrected chi connectivity index (χ1v) is 5.69. The predicted molar refractivity (Wildman–Crippen MR) is 70.0 cm³/mol. The number of ether oxygens (including phenoxy) is 2. The Hall–Kier alpha value is -1.74. The normalized spacial score (nSPS) is 10.2. The third-order valence-corrected chi connectivity index (χ3v) is 2.77. The molecule has 2 aromatic carbocycles. The minimum Gasteiger partial charge on any atom is -0.497 e. The van der Waals surface area contributed by atoms with Crippen molar-refractivity contribution in [1.82, 2.24) is 0 Å². The zero-order valence-electron chi connectivity index (χ0n) is 10.0. The van der Waals surface area contributed by atoms with Gasteiger partial charge in [0.1, 0.15) is 17.3 Å². The lowest BCUT2D eigenvalue weighted by Crippen LogP contribution is -1.89. The van der Waals surface area contributed by atoms with Crippen molar-refractivity contribution in [2.24, 2.45) is 0 Å². The van der Waals surface area contributed by atoms with Crippen molar-refractivity contribution in [3.63, 3.8) is 0 Å². The van der Waals surface area contributed by atoms with Crippen molar-refractivity contribution in [2.45, 2.75) is 0 Å². The van der Waals surface area contributed by atoms with E-state index in [1.54, 1.807) is 38.5 Å². The first kappa shape index (κ1) is 12.7. The van der Waals surface area contributed by atoms with Gasteiger partial charge in [-0.25, -0.2) is 4.39 Å². The maximum atomic E-state index is 13.3. The number of hydrogen-bond acceptors (Lipinski definition) is 2. The molecule has 2 rings (SSSR count). The summed E-state index contributed by atoms with van der Waals surface area (Å²) in [5.41, 5.74) is 1.46. The molecular formula is C14H12ClFO2. The van der Waals surface area contributed by atoms with Gasteiger partial charge in [-0.1, -0.05) is 11.6 Å². The number of rotatable bonds is 3. The van der Waals surface area contributed by atoms with Gasteiger partial charge in [0, 0.05) is 11.1 Å². The molecular weight excluding hydrogens is 255 g/mol. The number of methoxy groups -OCH3 is 2. The van der Waals surface area contributed by atoms with E-state index in [0.717, 1.165) is 5.56 Å². The minimum absolute atomic E-state index is 0.354. The summed E-state index contributed by atoms with van der Waals surface area (Å²) in [7, 11) is 3.13. The second-order valence-electron chi connectivity index (χ2n) is 3.76. The van der Waals surface area contributed by atoms with E-state index < -0.39 is 0 Å². The minimum atomic E-state index is -0.376. The van der Waals surface area contributed by atoms with Crippen LogP contribution in [0.1, 0.15) is 0 Å². The summed E-state index contributed by atoms with van der Waals surface area (Å²) in [4.78, 5) is 0. The molecule has 0 aliphatic rings. The van der Waals surface area contributed by atoms with Gasteiger partial charge in [-0.2, -0.15) is 0 Å². The molecule has 0 atom stereocenters. The molecule has 0 unspecified atom stereocenters. The molecule has 94 valence electrons. The number of halogens is 2. The summed E-state index contributed by atoms with van der Waals surface area (Å²) in [6, 6.07) is 9.73. The van der Waals surface area contributed by atoms with Gasteiger partial charge in [-0.3, -0.25) is 0 Å². The van der Waals surface area contributed by atoms with E-state index in [2.05, 4.69) is 0 Å². The molecule has 18 heavy (non-hydrogen) atoms. The Morgan fingerprint density at radius 3 is 1.89 bits per heavy atom. The predicted octanol–water partition coefficient (Wildman–Crippen LogP) is 4.16. The van der Waals surface area contributed by atoms with Crippen LogP contribution in [-0.2, 0) is 0 Å². The van der Waals surface area contributed by atoms with E-state index >= 15 is 0 Å². The van der Waals surface area contributed by atoms with Crippen molar-refractivity contribution < 1.29 is 13.9 Å². The van der Waals surface area contributed by atoms with Crippen molar-refractivity contribution in [1.29, 1.82) is 0 Å². The van der Waals surface area contributed by atoms with Gasteiger partial charge in [0.15, 0.2) is 0 Å². The van der Waals surface area contributed by atoms with E-state index in [1.165, 1.54) is 12.1 Å². The van der Waals surface area contributed by atoms with E-state index in [4.69, 9.17) is 21.1 Å². The molecule has 0 N–H and O–H groups in total. The highest BCUT2D eigenvalue weighted by Crippen LogP contribution is 2.31. The summed E-state index contributed by atoms with van der Waals surface area (Å²) >= 11 is 5.84. The summed E-state index contributed by atoms with van der Waals surface area (Å²) in [6.45, 7) is 0. The van der Waals surface area contributed by atoms with E-state index in [9.17, 15) is 4.39 Å². The maximum Gasteiger partial charge on any atom is 0.125 e. The molecule has 0 spiro atoms. The van der Waals surface area contributed by atoms with Crippen molar-refractivity contribution >= 4 is 11.6 Å². The van der Waals surface area contributed by atoms with Crippen LogP contribution in [0.3, 0.4) is 0 Å². The van der Waals surface area contributed by atoms with Crippen LogP contribution in [0.25, 0.3) is 11.1 Å². The molecule has 0 aromatic heterocycles. The fourth-order valence-corrected chi connectivity index (χ4v) is 1.92. The van der Waals surface area contributed by atoms with E-state index in [1.807, 2.05) is 0 Å². The molecule has 0 radical (unpaired) electrons. The molecule has 0 bridgehead atoms. The first-order chi connectivity index (χ1) is 8.62. The Bertz CT molecular complexity index is 527. The molecule has 0 heterocycles. The van der Waals surface area contributed by atoms with E-state index in [0.29, 0.717) is 22.1 Å². The molecule has 0 fully saturated rings. The Morgan fingerprint density at radius 1 is 0.833 bits per heavy atom. The molecule has 0 saturated carbocycles. The van der Waals surface area contributed by atoms with Gasteiger partial charge in [0.2, 0.25) is 0 Å². The monoisotopic (exact) mass is 266 g/mol. The van der Waals surface area contributed by atoms with Crippen LogP contribution in [0.5, 0.6) is 11.5 Å². The molecule has 4 heteroatoms. The average molecular weight is 267 g/mol. The molecule has 0 aliphatic carbocycles. The van der Waals surface area contributed by atoms with Crippen LogP contribution in [0.15, 0.2) is 36.4 Å². The third-order valence-electron chi connectivity index (χ3n) is 2.55. The largest absolute Gasteiger partial charge is 0.497 e. The van der Waals surface area contributed by atoms with Crippen LogP contribution < -0.4 is 9.47 Å². The second kappa shape index (κ2) is 5.27. The first-order valence-electron chi connectivity index (χ1n) is 5.32. The summed E-state index contributed by atoms with van der Waals surface area (Å²) in [5, 5.41) is 0.354. The van der Waals surface area contributed by atoms with Crippen LogP contribution >= 0.6 is 11.6 Å². The molecule has 2 aromatic rings. The van der Waals surface area contributed by atoms with E-state index in [-0.39, 0.29) is 5.82 Å². The Labute approximate surface area is 110 Å². The second-order valence-corrected chi connectivity index (χ2v) is 4.20. The highest BCUT2D eigenvalue weighted by atomic mass is 35.5. The van der Waals surface area contributed by atoms with Crippen molar-refractivity contribution in [3.8, 4) is 22.6 Å². The SMILES string of the molecule is COc1cc(OC)cc(-c2cc(F)cc(Cl)c2)c1. The smallest absolute Gasteiger partial charge is 0.125 e. The van der Waals surface area contributed by atoms with Gasteiger partial charge < -0.3 is 9.47 Å². The molecule has 0 saturated heterocycles. The molecule has 2 nitrogen and oxygen atoms in total. The number of hydrogen-bond donors (Lipinski definition) is 0. The van der Waals surface area contributed by atoms with Gasteiger partial charge in [-0.15, -0.1) is 0 Å². The Balaban J connectivity index is 2.55. The van der Waals surface area contributed by atoms with Crippen LogP contribution in [-0.4, -0.2) is 14.2 Å². The van der Waals surface area contributed by atoms with Crippen molar-refractivity contribution in [3.05, 3.63) is 47.2 Å². The highest BCUT2D eigenvalue weighted by molar-refractivity contribution is 6.30. The average Bonchev–Trinajstić information content (AvgIpc) is 2.37. The Morgan fingerprint density at radius 2 is 1.39 bits per heavy atom. The molecule has 0 aliphatic heterocycles. The maximum absolute atomic E-state index is 13.3. The molecule has 0 amide bonds. The highest BCUT2D eigenvalue weighted by Gasteiger charge is 2.06. The van der Waals surface area contributed by atoms with Crippen molar-refractivity contribution in [2.75, 3.05) is 14.2 Å². The van der Waals surface area contributed by atoms with Crippen LogP contribution in [0.4, 0.5) is 4.39 Å². The third kappa shape index (κ3) is 2.74. The fourth-order valence-electron chi connectivity index (χ4n) is 1.69. The summed E-state index contributed by atoms with van der Waals surface area (Å²) < 4.78 is 23.7. The quantitative estimate of drug-likeness (QED) is 0.830.